The topological polar surface area (TPSA) is 52.6 Å². The molecule has 1 aliphatic rings. The Hall–Kier alpha value is -1.92. The van der Waals surface area contributed by atoms with Crippen LogP contribution in [-0.2, 0) is 13.0 Å². The highest BCUT2D eigenvalue weighted by molar-refractivity contribution is 7.11. The normalized spacial score (nSPS) is 18.5. The summed E-state index contributed by atoms with van der Waals surface area (Å²) in [5.41, 5.74) is 2.54. The van der Waals surface area contributed by atoms with Crippen LogP contribution in [0.15, 0.2) is 35.3 Å². The predicted octanol–water partition coefficient (Wildman–Crippen LogP) is 3.13. The second-order valence-electron chi connectivity index (χ2n) is 7.19. The zero-order valence-electron chi connectivity index (χ0n) is 16.7. The van der Waals surface area contributed by atoms with E-state index in [4.69, 9.17) is 0 Å². The molecule has 1 fully saturated rings. The fraction of sp³-hybridized carbons (Fsp3) is 0.524. The maximum atomic E-state index is 4.50. The van der Waals surface area contributed by atoms with Gasteiger partial charge in [0, 0.05) is 44.0 Å². The number of nitrogens with zero attached hydrogens (tertiary/aromatic N) is 3. The second-order valence-corrected chi connectivity index (χ2v) is 8.48. The molecular weight excluding hydrogens is 354 g/mol. The van der Waals surface area contributed by atoms with Gasteiger partial charge in [-0.25, -0.2) is 4.98 Å². The third kappa shape index (κ3) is 6.04. The number of thiazole rings is 1. The monoisotopic (exact) mass is 385 g/mol. The van der Waals surface area contributed by atoms with E-state index in [9.17, 15) is 0 Å². The molecule has 2 aromatic rings. The van der Waals surface area contributed by atoms with Gasteiger partial charge >= 0.3 is 0 Å². The van der Waals surface area contributed by atoms with Crippen molar-refractivity contribution in [1.29, 1.82) is 0 Å². The van der Waals surface area contributed by atoms with Crippen LogP contribution in [0.4, 0.5) is 0 Å². The largest absolute Gasteiger partial charge is 0.356 e. The average molecular weight is 386 g/mol. The van der Waals surface area contributed by atoms with Gasteiger partial charge in [0.1, 0.15) is 0 Å². The van der Waals surface area contributed by atoms with Gasteiger partial charge in [0.2, 0.25) is 0 Å². The van der Waals surface area contributed by atoms with Crippen LogP contribution in [-0.4, -0.2) is 48.6 Å². The summed E-state index contributed by atoms with van der Waals surface area (Å²) in [6, 6.07) is 11.2. The quantitative estimate of drug-likeness (QED) is 0.593. The molecule has 1 atom stereocenters. The molecule has 1 unspecified atom stereocenters. The lowest BCUT2D eigenvalue weighted by Gasteiger charge is -2.34. The number of rotatable bonds is 6. The van der Waals surface area contributed by atoms with Crippen LogP contribution in [0.5, 0.6) is 0 Å². The molecule has 2 N–H and O–H groups in total. The molecule has 0 bridgehead atoms. The van der Waals surface area contributed by atoms with Gasteiger partial charge in [-0.15, -0.1) is 11.3 Å². The van der Waals surface area contributed by atoms with E-state index in [0.717, 1.165) is 42.7 Å². The minimum absolute atomic E-state index is 0.445. The van der Waals surface area contributed by atoms with Crippen LogP contribution in [0.1, 0.15) is 34.0 Å². The SMILES string of the molecule is CN=C(NCCc1sc(C)nc1C)NC1CCCN(Cc2ccccc2)C1. The first-order chi connectivity index (χ1) is 13.1. The summed E-state index contributed by atoms with van der Waals surface area (Å²) in [6.07, 6.45) is 3.41. The van der Waals surface area contributed by atoms with Crippen molar-refractivity contribution in [3.8, 4) is 0 Å². The van der Waals surface area contributed by atoms with Gasteiger partial charge in [0.25, 0.3) is 0 Å². The number of piperidine rings is 1. The van der Waals surface area contributed by atoms with Gasteiger partial charge < -0.3 is 10.6 Å². The van der Waals surface area contributed by atoms with E-state index in [1.54, 1.807) is 11.3 Å². The summed E-state index contributed by atoms with van der Waals surface area (Å²) in [4.78, 5) is 12.8. The van der Waals surface area contributed by atoms with E-state index in [-0.39, 0.29) is 0 Å². The number of benzene rings is 1. The lowest BCUT2D eigenvalue weighted by atomic mass is 10.0. The maximum absolute atomic E-state index is 4.50. The fourth-order valence-electron chi connectivity index (χ4n) is 3.65. The van der Waals surface area contributed by atoms with Crippen molar-refractivity contribution >= 4 is 17.3 Å². The zero-order valence-corrected chi connectivity index (χ0v) is 17.5. The van der Waals surface area contributed by atoms with Crippen LogP contribution in [0.2, 0.25) is 0 Å². The molecule has 0 spiro atoms. The number of guanidine groups is 1. The Kier molecular flexibility index (Phi) is 7.24. The van der Waals surface area contributed by atoms with E-state index in [1.165, 1.54) is 29.8 Å². The van der Waals surface area contributed by atoms with E-state index in [2.05, 4.69) is 69.7 Å². The summed E-state index contributed by atoms with van der Waals surface area (Å²) in [7, 11) is 1.85. The number of aliphatic imine (C=N–C) groups is 1. The highest BCUT2D eigenvalue weighted by atomic mass is 32.1. The lowest BCUT2D eigenvalue weighted by molar-refractivity contribution is 0.192. The Morgan fingerprint density at radius 1 is 1.30 bits per heavy atom. The lowest BCUT2D eigenvalue weighted by Crippen LogP contribution is -2.51. The van der Waals surface area contributed by atoms with Crippen molar-refractivity contribution < 1.29 is 0 Å². The van der Waals surface area contributed by atoms with Gasteiger partial charge in [0.15, 0.2) is 5.96 Å². The standard InChI is InChI=1S/C21H31N5S/c1-16-20(27-17(2)24-16)11-12-23-21(22-3)25-19-10-7-13-26(15-19)14-18-8-5-4-6-9-18/h4-6,8-9,19H,7,10-15H2,1-3H3,(H2,22,23,25). The van der Waals surface area contributed by atoms with E-state index in [1.807, 2.05) is 7.05 Å². The van der Waals surface area contributed by atoms with Crippen LogP contribution < -0.4 is 10.6 Å². The molecule has 1 aliphatic heterocycles. The number of aryl methyl sites for hydroxylation is 2. The number of hydrogen-bond acceptors (Lipinski definition) is 4. The Bertz CT molecular complexity index is 740. The van der Waals surface area contributed by atoms with Gasteiger partial charge in [-0.05, 0) is 38.8 Å². The molecule has 0 radical (unpaired) electrons. The molecule has 2 heterocycles. The summed E-state index contributed by atoms with van der Waals surface area (Å²) in [6.45, 7) is 8.29. The first-order valence-electron chi connectivity index (χ1n) is 9.80. The fourth-order valence-corrected chi connectivity index (χ4v) is 4.58. The molecule has 146 valence electrons. The molecule has 1 aromatic heterocycles. The molecule has 0 amide bonds. The molecule has 0 aliphatic carbocycles. The Labute approximate surface area is 166 Å². The molecule has 1 aromatic carbocycles. The summed E-state index contributed by atoms with van der Waals surface area (Å²) in [5.74, 6) is 0.903. The van der Waals surface area contributed by atoms with Crippen molar-refractivity contribution in [1.82, 2.24) is 20.5 Å². The first-order valence-corrected chi connectivity index (χ1v) is 10.6. The highest BCUT2D eigenvalue weighted by Gasteiger charge is 2.20. The van der Waals surface area contributed by atoms with Crippen molar-refractivity contribution in [2.45, 2.75) is 45.7 Å². The van der Waals surface area contributed by atoms with Gasteiger partial charge in [-0.2, -0.15) is 0 Å². The number of nitrogens with one attached hydrogen (secondary N) is 2. The van der Waals surface area contributed by atoms with E-state index < -0.39 is 0 Å². The third-order valence-corrected chi connectivity index (χ3v) is 6.10. The van der Waals surface area contributed by atoms with Crippen LogP contribution in [0, 0.1) is 13.8 Å². The smallest absolute Gasteiger partial charge is 0.191 e. The van der Waals surface area contributed by atoms with Crippen molar-refractivity contribution in [3.05, 3.63) is 51.5 Å². The van der Waals surface area contributed by atoms with Gasteiger partial charge in [0.05, 0.1) is 10.7 Å². The molecule has 3 rings (SSSR count). The second kappa shape index (κ2) is 9.85. The molecule has 1 saturated heterocycles. The summed E-state index contributed by atoms with van der Waals surface area (Å²) < 4.78 is 0. The molecule has 5 nitrogen and oxygen atoms in total. The number of likely N-dealkylation sites (tertiary alicyclic amines) is 1. The third-order valence-electron chi connectivity index (χ3n) is 4.96. The number of aromatic nitrogens is 1. The highest BCUT2D eigenvalue weighted by Crippen LogP contribution is 2.17. The van der Waals surface area contributed by atoms with Crippen molar-refractivity contribution in [2.24, 2.45) is 4.99 Å². The maximum Gasteiger partial charge on any atom is 0.191 e. The summed E-state index contributed by atoms with van der Waals surface area (Å²) >= 11 is 1.79. The van der Waals surface area contributed by atoms with Crippen LogP contribution in [0.25, 0.3) is 0 Å². The molecule has 6 heteroatoms. The van der Waals surface area contributed by atoms with Gasteiger partial charge in [-0.1, -0.05) is 30.3 Å². The molecule has 0 saturated carbocycles. The van der Waals surface area contributed by atoms with E-state index >= 15 is 0 Å². The van der Waals surface area contributed by atoms with Gasteiger partial charge in [-0.3, -0.25) is 9.89 Å². The van der Waals surface area contributed by atoms with Crippen molar-refractivity contribution in [2.75, 3.05) is 26.7 Å². The minimum atomic E-state index is 0.445. The Morgan fingerprint density at radius 3 is 2.81 bits per heavy atom. The Balaban J connectivity index is 1.45. The number of hydrogen-bond donors (Lipinski definition) is 2. The Morgan fingerprint density at radius 2 is 2.11 bits per heavy atom. The minimum Gasteiger partial charge on any atom is -0.356 e. The summed E-state index contributed by atoms with van der Waals surface area (Å²) in [5, 5.41) is 8.22. The van der Waals surface area contributed by atoms with Crippen molar-refractivity contribution in [3.63, 3.8) is 0 Å². The molecular formula is C21H31N5S. The molecule has 27 heavy (non-hydrogen) atoms. The zero-order chi connectivity index (χ0) is 19.1. The van der Waals surface area contributed by atoms with E-state index in [0.29, 0.717) is 6.04 Å². The van der Waals surface area contributed by atoms with Crippen LogP contribution >= 0.6 is 11.3 Å². The van der Waals surface area contributed by atoms with Crippen LogP contribution in [0.3, 0.4) is 0 Å². The average Bonchev–Trinajstić information content (AvgIpc) is 2.99. The predicted molar refractivity (Wildman–Crippen MR) is 115 cm³/mol. The first kappa shape index (κ1) is 19.8.